The van der Waals surface area contributed by atoms with Crippen LogP contribution in [0.4, 0.5) is 21.6 Å². The van der Waals surface area contributed by atoms with E-state index in [9.17, 15) is 14.7 Å². The molecule has 0 radical (unpaired) electrons. The Bertz CT molecular complexity index is 1850. The minimum absolute atomic E-state index is 0.203. The largest absolute Gasteiger partial charge is 0.392 e. The number of rotatable bonds is 8. The van der Waals surface area contributed by atoms with Crippen LogP contribution in [0.1, 0.15) is 45.8 Å². The molecule has 11 nitrogen and oxygen atoms in total. The molecule has 5 heterocycles. The number of pyridine rings is 1. The molecular weight excluding hydrogens is 577 g/mol. The molecule has 0 spiro atoms. The van der Waals surface area contributed by atoms with Gasteiger partial charge in [0.05, 0.1) is 37.2 Å². The summed E-state index contributed by atoms with van der Waals surface area (Å²) < 4.78 is 25.9. The van der Waals surface area contributed by atoms with E-state index >= 15 is 4.39 Å². The van der Waals surface area contributed by atoms with Crippen LogP contribution in [-0.4, -0.2) is 67.7 Å². The molecule has 236 valence electrons. The number of halogens is 1. The first kappa shape index (κ1) is 29.5. The minimum Gasteiger partial charge on any atom is -0.392 e. The van der Waals surface area contributed by atoms with Crippen molar-refractivity contribution in [3.8, 4) is 11.1 Å². The molecule has 3 aromatic heterocycles. The number of anilines is 3. The summed E-state index contributed by atoms with van der Waals surface area (Å²) >= 11 is 0. The number of carbonyl (C=O) groups is 1. The van der Waals surface area contributed by atoms with Crippen molar-refractivity contribution in [2.75, 3.05) is 37.0 Å². The number of fused-ring (bicyclic) bond motifs is 3. The molecule has 4 aromatic rings. The predicted octanol–water partition coefficient (Wildman–Crippen LogP) is 3.33. The maximum atomic E-state index is 15.3. The summed E-state index contributed by atoms with van der Waals surface area (Å²) in [6, 6.07) is 8.55. The maximum absolute atomic E-state index is 15.3. The number of aromatic nitrogens is 4. The standard InChI is InChI=1S/C33H38FN7O4/c1-37(24-18-45-19-24)16-23-14-31(36-39(23)3)35-27-10-21(15-38(2)32(27)43)25-12-22(34)13-29(26(25)17-42)41-9-8-40-28-7-5-4-6-20(28)11-30(40)33(41)44/h10-15,24,42H,4-9,16-19H2,1-3H3,(H,35,36). The number of nitrogens with one attached hydrogen (secondary N) is 1. The molecule has 1 amide bonds. The number of aliphatic hydroxyl groups excluding tert-OH is 1. The van der Waals surface area contributed by atoms with Crippen molar-refractivity contribution in [3.05, 3.63) is 80.9 Å². The predicted molar refractivity (Wildman–Crippen MR) is 168 cm³/mol. The van der Waals surface area contributed by atoms with Gasteiger partial charge < -0.3 is 29.2 Å². The molecule has 45 heavy (non-hydrogen) atoms. The van der Waals surface area contributed by atoms with Gasteiger partial charge in [-0.3, -0.25) is 19.2 Å². The Hall–Kier alpha value is -4.26. The van der Waals surface area contributed by atoms with Gasteiger partial charge in [0.15, 0.2) is 5.82 Å². The molecule has 0 saturated carbocycles. The summed E-state index contributed by atoms with van der Waals surface area (Å²) in [7, 11) is 5.52. The molecular formula is C33H38FN7O4. The molecule has 2 N–H and O–H groups in total. The summed E-state index contributed by atoms with van der Waals surface area (Å²) in [5.41, 5.74) is 5.69. The van der Waals surface area contributed by atoms with Crippen LogP contribution in [0.5, 0.6) is 0 Å². The first-order chi connectivity index (χ1) is 21.7. The van der Waals surface area contributed by atoms with Gasteiger partial charge in [0.2, 0.25) is 0 Å². The normalized spacial score (nSPS) is 16.6. The van der Waals surface area contributed by atoms with Crippen LogP contribution in [0, 0.1) is 5.82 Å². The van der Waals surface area contributed by atoms with Crippen molar-refractivity contribution < 1.29 is 19.0 Å². The Kier molecular flexibility index (Phi) is 7.58. The van der Waals surface area contributed by atoms with E-state index in [0.29, 0.717) is 72.8 Å². The van der Waals surface area contributed by atoms with Crippen molar-refractivity contribution in [1.82, 2.24) is 23.8 Å². The van der Waals surface area contributed by atoms with Crippen molar-refractivity contribution >= 4 is 23.1 Å². The lowest BCUT2D eigenvalue weighted by molar-refractivity contribution is -0.0592. The van der Waals surface area contributed by atoms with E-state index in [0.717, 1.165) is 31.4 Å². The van der Waals surface area contributed by atoms with Crippen LogP contribution in [-0.2, 0) is 51.4 Å². The first-order valence-electron chi connectivity index (χ1n) is 15.5. The summed E-state index contributed by atoms with van der Waals surface area (Å²) in [5.74, 6) is -0.234. The second-order valence-electron chi connectivity index (χ2n) is 12.4. The number of nitrogens with zero attached hydrogens (tertiary/aromatic N) is 6. The number of aliphatic hydroxyl groups is 1. The molecule has 0 bridgehead atoms. The molecule has 0 atom stereocenters. The van der Waals surface area contributed by atoms with Gasteiger partial charge in [0.1, 0.15) is 17.2 Å². The fourth-order valence-corrected chi connectivity index (χ4v) is 6.82. The van der Waals surface area contributed by atoms with Crippen LogP contribution in [0.3, 0.4) is 0 Å². The van der Waals surface area contributed by atoms with Gasteiger partial charge in [-0.15, -0.1) is 0 Å². The van der Waals surface area contributed by atoms with Crippen LogP contribution in [0.15, 0.2) is 41.3 Å². The van der Waals surface area contributed by atoms with Gasteiger partial charge in [-0.1, -0.05) is 0 Å². The molecule has 2 aliphatic heterocycles. The Balaban J connectivity index is 1.21. The van der Waals surface area contributed by atoms with E-state index in [-0.39, 0.29) is 17.2 Å². The van der Waals surface area contributed by atoms with Gasteiger partial charge in [-0.2, -0.15) is 5.10 Å². The Morgan fingerprint density at radius 1 is 1.09 bits per heavy atom. The summed E-state index contributed by atoms with van der Waals surface area (Å²) in [6.45, 7) is 2.65. The average Bonchev–Trinajstić information content (AvgIpc) is 3.54. The lowest BCUT2D eigenvalue weighted by atomic mass is 9.97. The highest BCUT2D eigenvalue weighted by Crippen LogP contribution is 2.37. The Labute approximate surface area is 260 Å². The lowest BCUT2D eigenvalue weighted by Crippen LogP contribution is -2.46. The molecule has 1 aromatic carbocycles. The number of likely N-dealkylation sites (N-methyl/N-ethyl adjacent to an activating group) is 1. The number of hydrogen-bond donors (Lipinski definition) is 2. The van der Waals surface area contributed by atoms with Crippen LogP contribution < -0.4 is 15.8 Å². The van der Waals surface area contributed by atoms with Crippen molar-refractivity contribution in [2.45, 2.75) is 51.4 Å². The number of aryl methyl sites for hydroxylation is 3. The number of benzene rings is 1. The first-order valence-corrected chi connectivity index (χ1v) is 15.5. The van der Waals surface area contributed by atoms with Crippen molar-refractivity contribution in [2.24, 2.45) is 14.1 Å². The molecule has 7 rings (SSSR count). The van der Waals surface area contributed by atoms with E-state index in [1.807, 2.05) is 26.2 Å². The number of hydrogen-bond acceptors (Lipinski definition) is 7. The molecule has 12 heteroatoms. The molecule has 1 aliphatic carbocycles. The molecule has 3 aliphatic rings. The van der Waals surface area contributed by atoms with Crippen molar-refractivity contribution in [3.63, 3.8) is 0 Å². The van der Waals surface area contributed by atoms with E-state index in [1.165, 1.54) is 28.0 Å². The SMILES string of the molecule is CN(Cc1cc(Nc2cc(-c3cc(F)cc(N4CCn5c(cc6c5CCCC6)C4=O)c3CO)cn(C)c2=O)nn1C)C1COC1. The quantitative estimate of drug-likeness (QED) is 0.313. The average molecular weight is 616 g/mol. The second-order valence-corrected chi connectivity index (χ2v) is 12.4. The lowest BCUT2D eigenvalue weighted by Gasteiger charge is -2.34. The summed E-state index contributed by atoms with van der Waals surface area (Å²) in [5, 5.41) is 18.3. The third-order valence-electron chi connectivity index (χ3n) is 9.45. The highest BCUT2D eigenvalue weighted by atomic mass is 19.1. The Morgan fingerprint density at radius 2 is 1.89 bits per heavy atom. The van der Waals surface area contributed by atoms with E-state index < -0.39 is 12.4 Å². The van der Waals surface area contributed by atoms with Gasteiger partial charge in [-0.25, -0.2) is 4.39 Å². The highest BCUT2D eigenvalue weighted by molar-refractivity contribution is 6.07. The summed E-state index contributed by atoms with van der Waals surface area (Å²) in [4.78, 5) is 30.8. The fraction of sp³-hybridized carbons (Fsp3) is 0.424. The minimum atomic E-state index is -0.538. The van der Waals surface area contributed by atoms with Gasteiger partial charge in [0, 0.05) is 62.8 Å². The summed E-state index contributed by atoms with van der Waals surface area (Å²) in [6.07, 6.45) is 5.76. The Morgan fingerprint density at radius 3 is 2.64 bits per heavy atom. The third kappa shape index (κ3) is 5.26. The fourth-order valence-electron chi connectivity index (χ4n) is 6.82. The smallest absolute Gasteiger partial charge is 0.274 e. The molecule has 0 unspecified atom stereocenters. The monoisotopic (exact) mass is 615 g/mol. The van der Waals surface area contributed by atoms with Crippen LogP contribution in [0.25, 0.3) is 11.1 Å². The van der Waals surface area contributed by atoms with Gasteiger partial charge >= 0.3 is 0 Å². The van der Waals surface area contributed by atoms with Crippen LogP contribution >= 0.6 is 0 Å². The molecule has 1 saturated heterocycles. The second kappa shape index (κ2) is 11.6. The molecule has 1 fully saturated rings. The highest BCUT2D eigenvalue weighted by Gasteiger charge is 2.32. The zero-order valence-corrected chi connectivity index (χ0v) is 25.8. The van der Waals surface area contributed by atoms with Crippen molar-refractivity contribution in [1.29, 1.82) is 0 Å². The zero-order chi connectivity index (χ0) is 31.4. The van der Waals surface area contributed by atoms with Gasteiger partial charge in [-0.05, 0) is 68.1 Å². The number of amides is 1. The number of ether oxygens (including phenoxy) is 1. The topological polar surface area (TPSA) is 110 Å². The van der Waals surface area contributed by atoms with Gasteiger partial charge in [0.25, 0.3) is 11.5 Å². The third-order valence-corrected chi connectivity index (χ3v) is 9.45. The zero-order valence-electron chi connectivity index (χ0n) is 25.8. The maximum Gasteiger partial charge on any atom is 0.274 e. The van der Waals surface area contributed by atoms with E-state index in [1.54, 1.807) is 28.9 Å². The van der Waals surface area contributed by atoms with E-state index in [2.05, 4.69) is 19.9 Å². The van der Waals surface area contributed by atoms with E-state index in [4.69, 9.17) is 4.74 Å². The van der Waals surface area contributed by atoms with Crippen LogP contribution in [0.2, 0.25) is 0 Å². The number of carbonyl (C=O) groups excluding carboxylic acids is 1.